The van der Waals surface area contributed by atoms with Crippen LogP contribution >= 0.6 is 28.3 Å². The monoisotopic (exact) mass is 471 g/mol. The van der Waals surface area contributed by atoms with Crippen LogP contribution in [0.1, 0.15) is 25.1 Å². The van der Waals surface area contributed by atoms with Crippen LogP contribution < -0.4 is 10.2 Å². The van der Waals surface area contributed by atoms with E-state index in [1.54, 1.807) is 11.3 Å². The SMILES string of the molecule is Br.CCN(CC)c1ccc(Nc2nc(-c3c(C)nc4ccc(C)cn34)cs2)cc1. The topological polar surface area (TPSA) is 45.5 Å². The highest BCUT2D eigenvalue weighted by Gasteiger charge is 2.14. The summed E-state index contributed by atoms with van der Waals surface area (Å²) in [5.74, 6) is 0. The van der Waals surface area contributed by atoms with Crippen LogP contribution in [0.15, 0.2) is 48.0 Å². The molecule has 0 atom stereocenters. The van der Waals surface area contributed by atoms with Gasteiger partial charge in [0.15, 0.2) is 5.13 Å². The third-order valence-electron chi connectivity index (χ3n) is 4.93. The van der Waals surface area contributed by atoms with Gasteiger partial charge in [-0.3, -0.25) is 4.40 Å². The standard InChI is InChI=1S/C22H25N5S.BrH/c1-5-26(6-2)18-10-8-17(9-11-18)24-22-25-19(14-28-22)21-16(4)23-20-12-7-15(3)13-27(20)21;/h7-14H,5-6H2,1-4H3,(H,24,25);1H. The molecule has 0 unspecified atom stereocenters. The predicted molar refractivity (Wildman–Crippen MR) is 129 cm³/mol. The number of pyridine rings is 1. The van der Waals surface area contributed by atoms with Crippen molar-refractivity contribution in [1.29, 1.82) is 0 Å². The molecule has 0 radical (unpaired) electrons. The Balaban J connectivity index is 0.00000240. The zero-order chi connectivity index (χ0) is 19.7. The van der Waals surface area contributed by atoms with E-state index in [4.69, 9.17) is 4.98 Å². The Morgan fingerprint density at radius 1 is 1.00 bits per heavy atom. The van der Waals surface area contributed by atoms with Crippen LogP contribution in [-0.4, -0.2) is 27.5 Å². The first-order chi connectivity index (χ1) is 13.6. The molecular formula is C22H26BrN5S. The van der Waals surface area contributed by atoms with Crippen molar-refractivity contribution in [2.24, 2.45) is 0 Å². The minimum absolute atomic E-state index is 0. The molecule has 0 amide bonds. The molecule has 0 bridgehead atoms. The summed E-state index contributed by atoms with van der Waals surface area (Å²) < 4.78 is 2.13. The Bertz CT molecular complexity index is 1100. The summed E-state index contributed by atoms with van der Waals surface area (Å²) in [4.78, 5) is 11.8. The smallest absolute Gasteiger partial charge is 0.187 e. The van der Waals surface area contributed by atoms with Crippen molar-refractivity contribution in [2.45, 2.75) is 27.7 Å². The van der Waals surface area contributed by atoms with Crippen LogP contribution in [0.2, 0.25) is 0 Å². The number of nitrogens with one attached hydrogen (secondary N) is 1. The van der Waals surface area contributed by atoms with Crippen LogP contribution in [0.4, 0.5) is 16.5 Å². The Hall–Kier alpha value is -2.38. The molecule has 0 aliphatic rings. The third-order valence-corrected chi connectivity index (χ3v) is 5.69. The summed E-state index contributed by atoms with van der Waals surface area (Å²) in [6.07, 6.45) is 2.11. The average Bonchev–Trinajstić information content (AvgIpc) is 3.27. The highest BCUT2D eigenvalue weighted by molar-refractivity contribution is 8.93. The molecule has 0 saturated heterocycles. The number of hydrogen-bond acceptors (Lipinski definition) is 5. The van der Waals surface area contributed by atoms with Gasteiger partial charge in [0.25, 0.3) is 0 Å². The summed E-state index contributed by atoms with van der Waals surface area (Å²) >= 11 is 1.61. The van der Waals surface area contributed by atoms with Gasteiger partial charge in [0, 0.05) is 36.0 Å². The summed E-state index contributed by atoms with van der Waals surface area (Å²) in [6, 6.07) is 12.7. The summed E-state index contributed by atoms with van der Waals surface area (Å²) in [6.45, 7) is 10.5. The number of imidazole rings is 1. The van der Waals surface area contributed by atoms with Crippen molar-refractivity contribution in [2.75, 3.05) is 23.3 Å². The minimum atomic E-state index is 0. The number of benzene rings is 1. The van der Waals surface area contributed by atoms with Crippen LogP contribution in [0.25, 0.3) is 17.0 Å². The van der Waals surface area contributed by atoms with Crippen molar-refractivity contribution in [3.05, 3.63) is 59.2 Å². The maximum Gasteiger partial charge on any atom is 0.187 e. The number of nitrogens with zero attached hydrogens (tertiary/aromatic N) is 4. The third kappa shape index (κ3) is 4.31. The molecular weight excluding hydrogens is 446 g/mol. The van der Waals surface area contributed by atoms with E-state index in [1.807, 2.05) is 6.92 Å². The quantitative estimate of drug-likeness (QED) is 0.361. The summed E-state index contributed by atoms with van der Waals surface area (Å²) in [5, 5.41) is 6.40. The van der Waals surface area contributed by atoms with Crippen molar-refractivity contribution >= 4 is 50.5 Å². The molecule has 0 saturated carbocycles. The fourth-order valence-electron chi connectivity index (χ4n) is 3.48. The van der Waals surface area contributed by atoms with Crippen molar-refractivity contribution in [3.8, 4) is 11.4 Å². The summed E-state index contributed by atoms with van der Waals surface area (Å²) in [7, 11) is 0. The number of halogens is 1. The molecule has 3 heterocycles. The van der Waals surface area contributed by atoms with E-state index >= 15 is 0 Å². The number of rotatable bonds is 6. The lowest BCUT2D eigenvalue weighted by atomic mass is 10.2. The highest BCUT2D eigenvalue weighted by Crippen LogP contribution is 2.30. The van der Waals surface area contributed by atoms with E-state index in [-0.39, 0.29) is 17.0 Å². The Morgan fingerprint density at radius 2 is 1.72 bits per heavy atom. The van der Waals surface area contributed by atoms with Gasteiger partial charge in [-0.15, -0.1) is 28.3 Å². The Morgan fingerprint density at radius 3 is 2.41 bits per heavy atom. The molecule has 0 fully saturated rings. The predicted octanol–water partition coefficient (Wildman–Crippen LogP) is 6.24. The maximum atomic E-state index is 4.81. The molecule has 1 N–H and O–H groups in total. The van der Waals surface area contributed by atoms with Crippen molar-refractivity contribution in [1.82, 2.24) is 14.4 Å². The largest absolute Gasteiger partial charge is 0.372 e. The van der Waals surface area contributed by atoms with Gasteiger partial charge in [0.1, 0.15) is 11.3 Å². The lowest BCUT2D eigenvalue weighted by Crippen LogP contribution is -2.21. The first kappa shape index (κ1) is 21.3. The number of thiazole rings is 1. The Labute approximate surface area is 186 Å². The van der Waals surface area contributed by atoms with Crippen LogP contribution in [0.3, 0.4) is 0 Å². The molecule has 152 valence electrons. The lowest BCUT2D eigenvalue weighted by molar-refractivity contribution is 0.866. The molecule has 29 heavy (non-hydrogen) atoms. The first-order valence-corrected chi connectivity index (χ1v) is 10.5. The van der Waals surface area contributed by atoms with Gasteiger partial charge >= 0.3 is 0 Å². The van der Waals surface area contributed by atoms with Crippen LogP contribution in [0.5, 0.6) is 0 Å². The van der Waals surface area contributed by atoms with Gasteiger partial charge in [0.05, 0.1) is 11.4 Å². The molecule has 1 aromatic carbocycles. The van der Waals surface area contributed by atoms with Crippen LogP contribution in [-0.2, 0) is 0 Å². The zero-order valence-corrected chi connectivity index (χ0v) is 19.7. The van der Waals surface area contributed by atoms with E-state index in [1.165, 1.54) is 11.3 Å². The first-order valence-electron chi connectivity index (χ1n) is 9.62. The number of anilines is 3. The number of fused-ring (bicyclic) bond motifs is 1. The normalized spacial score (nSPS) is 10.8. The summed E-state index contributed by atoms with van der Waals surface area (Å²) in [5.41, 5.74) is 7.43. The van der Waals surface area contributed by atoms with Gasteiger partial charge in [-0.25, -0.2) is 9.97 Å². The van der Waals surface area contributed by atoms with Crippen molar-refractivity contribution < 1.29 is 0 Å². The van der Waals surface area contributed by atoms with E-state index in [0.29, 0.717) is 0 Å². The minimum Gasteiger partial charge on any atom is -0.372 e. The zero-order valence-electron chi connectivity index (χ0n) is 17.1. The molecule has 3 aromatic heterocycles. The fraction of sp³-hybridized carbons (Fsp3) is 0.273. The molecule has 4 aromatic rings. The highest BCUT2D eigenvalue weighted by atomic mass is 79.9. The van der Waals surface area contributed by atoms with E-state index < -0.39 is 0 Å². The molecule has 7 heteroatoms. The molecule has 5 nitrogen and oxygen atoms in total. The second kappa shape index (κ2) is 8.97. The number of hydrogen-bond donors (Lipinski definition) is 1. The number of aryl methyl sites for hydroxylation is 2. The van der Waals surface area contributed by atoms with Gasteiger partial charge < -0.3 is 10.2 Å². The fourth-order valence-corrected chi connectivity index (χ4v) is 4.20. The maximum absolute atomic E-state index is 4.81. The van der Waals surface area contributed by atoms with Gasteiger partial charge in [-0.05, 0) is 63.6 Å². The van der Waals surface area contributed by atoms with Gasteiger partial charge in [0.2, 0.25) is 0 Å². The van der Waals surface area contributed by atoms with E-state index in [9.17, 15) is 0 Å². The Kier molecular flexibility index (Phi) is 6.59. The lowest BCUT2D eigenvalue weighted by Gasteiger charge is -2.21. The molecule has 0 aliphatic heterocycles. The van der Waals surface area contributed by atoms with Gasteiger partial charge in [-0.1, -0.05) is 6.07 Å². The molecule has 0 aliphatic carbocycles. The van der Waals surface area contributed by atoms with Crippen LogP contribution in [0, 0.1) is 13.8 Å². The van der Waals surface area contributed by atoms with Crippen molar-refractivity contribution in [3.63, 3.8) is 0 Å². The van der Waals surface area contributed by atoms with E-state index in [0.717, 1.165) is 46.6 Å². The second-order valence-corrected chi connectivity index (χ2v) is 7.72. The van der Waals surface area contributed by atoms with Gasteiger partial charge in [-0.2, -0.15) is 0 Å². The molecule has 0 spiro atoms. The number of aromatic nitrogens is 3. The van der Waals surface area contributed by atoms with E-state index in [2.05, 4.69) is 88.3 Å². The molecule has 4 rings (SSSR count). The second-order valence-electron chi connectivity index (χ2n) is 6.86. The average molecular weight is 472 g/mol.